The summed E-state index contributed by atoms with van der Waals surface area (Å²) in [6.45, 7) is -1.76. The van der Waals surface area contributed by atoms with Gasteiger partial charge in [-0.05, 0) is 6.07 Å². The average Bonchev–Trinajstić information content (AvgIpc) is 2.91. The summed E-state index contributed by atoms with van der Waals surface area (Å²) in [5.74, 6) is -7.27. The molecule has 0 bridgehead atoms. The van der Waals surface area contributed by atoms with Gasteiger partial charge >= 0.3 is 18.2 Å². The van der Waals surface area contributed by atoms with Gasteiger partial charge in [0.15, 0.2) is 0 Å². The number of carbonyl (C=O) groups excluding carboxylic acids is 1. The highest BCUT2D eigenvalue weighted by molar-refractivity contribution is 5.77. The Labute approximate surface area is 133 Å². The lowest BCUT2D eigenvalue weighted by Crippen LogP contribution is -2.39. The van der Waals surface area contributed by atoms with Crippen molar-refractivity contribution in [3.05, 3.63) is 35.4 Å². The number of halogens is 5. The standard InChI is InChI=1S/C14H13F5N2O3/c15-8-2-1-7(11(16)3-8)4-20-13(24)21-5-9(12(22)23)10(6-21)14(17,18)19/h1-3,9-10H,4-6H2,(H,20,24)(H,22,23)/t9-,10-/m1/s1. The zero-order valence-electron chi connectivity index (χ0n) is 12.1. The molecule has 0 radical (unpaired) electrons. The summed E-state index contributed by atoms with van der Waals surface area (Å²) in [5.41, 5.74) is -0.0499. The van der Waals surface area contributed by atoms with E-state index in [0.29, 0.717) is 6.07 Å². The van der Waals surface area contributed by atoms with E-state index < -0.39 is 54.7 Å². The summed E-state index contributed by atoms with van der Waals surface area (Å²) in [4.78, 5) is 23.6. The number of carboxylic acid groups (broad SMARTS) is 1. The van der Waals surface area contributed by atoms with Crippen LogP contribution in [0.25, 0.3) is 0 Å². The molecular formula is C14H13F5N2O3. The highest BCUT2D eigenvalue weighted by Gasteiger charge is 2.53. The minimum Gasteiger partial charge on any atom is -0.481 e. The van der Waals surface area contributed by atoms with Crippen molar-refractivity contribution in [1.29, 1.82) is 0 Å². The van der Waals surface area contributed by atoms with E-state index in [0.717, 1.165) is 17.0 Å². The fourth-order valence-corrected chi connectivity index (χ4v) is 2.50. The number of hydrogen-bond donors (Lipinski definition) is 2. The maximum absolute atomic E-state index is 13.4. The van der Waals surface area contributed by atoms with E-state index in [4.69, 9.17) is 5.11 Å². The quantitative estimate of drug-likeness (QED) is 0.821. The van der Waals surface area contributed by atoms with Crippen LogP contribution in [0.4, 0.5) is 26.7 Å². The SMILES string of the molecule is O=C(O)[C@@H]1CN(C(=O)NCc2ccc(F)cc2F)C[C@H]1C(F)(F)F. The molecule has 0 saturated carbocycles. The molecule has 2 rings (SSSR count). The van der Waals surface area contributed by atoms with Crippen LogP contribution in [0.3, 0.4) is 0 Å². The number of rotatable bonds is 3. The van der Waals surface area contributed by atoms with Gasteiger partial charge in [-0.1, -0.05) is 6.07 Å². The van der Waals surface area contributed by atoms with Gasteiger partial charge in [0.05, 0.1) is 11.8 Å². The highest BCUT2D eigenvalue weighted by Crippen LogP contribution is 2.37. The van der Waals surface area contributed by atoms with Crippen molar-refractivity contribution < 1.29 is 36.6 Å². The Morgan fingerprint density at radius 3 is 2.42 bits per heavy atom. The second kappa shape index (κ2) is 6.62. The summed E-state index contributed by atoms with van der Waals surface area (Å²) in [5, 5.41) is 11.1. The predicted molar refractivity (Wildman–Crippen MR) is 70.8 cm³/mol. The number of carboxylic acids is 1. The third-order valence-electron chi connectivity index (χ3n) is 3.79. The molecule has 0 spiro atoms. The third kappa shape index (κ3) is 3.92. The van der Waals surface area contributed by atoms with Gasteiger partial charge in [0.2, 0.25) is 0 Å². The summed E-state index contributed by atoms with van der Waals surface area (Å²) in [6.07, 6.45) is -4.75. The summed E-state index contributed by atoms with van der Waals surface area (Å²) >= 11 is 0. The number of carbonyl (C=O) groups is 2. The monoisotopic (exact) mass is 352 g/mol. The zero-order valence-corrected chi connectivity index (χ0v) is 12.1. The number of nitrogens with zero attached hydrogens (tertiary/aromatic N) is 1. The Balaban J connectivity index is 2.01. The molecule has 1 saturated heterocycles. The van der Waals surface area contributed by atoms with Crippen molar-refractivity contribution in [2.75, 3.05) is 13.1 Å². The Morgan fingerprint density at radius 2 is 1.92 bits per heavy atom. The van der Waals surface area contributed by atoms with Gasteiger partial charge < -0.3 is 15.3 Å². The molecule has 24 heavy (non-hydrogen) atoms. The molecule has 2 atom stereocenters. The second-order valence-corrected chi connectivity index (χ2v) is 5.39. The van der Waals surface area contributed by atoms with Gasteiger partial charge in [0.1, 0.15) is 11.6 Å². The highest BCUT2D eigenvalue weighted by atomic mass is 19.4. The summed E-state index contributed by atoms with van der Waals surface area (Å²) < 4.78 is 64.7. The van der Waals surface area contributed by atoms with Crippen LogP contribution in [0.2, 0.25) is 0 Å². The first kappa shape index (κ1) is 18.0. The second-order valence-electron chi connectivity index (χ2n) is 5.39. The molecule has 1 aromatic rings. The van der Waals surface area contributed by atoms with Crippen LogP contribution in [0.1, 0.15) is 5.56 Å². The van der Waals surface area contributed by atoms with Gasteiger partial charge in [-0.15, -0.1) is 0 Å². The molecule has 0 aromatic heterocycles. The van der Waals surface area contributed by atoms with Crippen LogP contribution in [0, 0.1) is 23.5 Å². The number of amides is 2. The van der Waals surface area contributed by atoms with Crippen LogP contribution in [0.5, 0.6) is 0 Å². The fraction of sp³-hybridized carbons (Fsp3) is 0.429. The van der Waals surface area contributed by atoms with E-state index in [-0.39, 0.29) is 12.1 Å². The number of aliphatic carboxylic acids is 1. The van der Waals surface area contributed by atoms with E-state index in [2.05, 4.69) is 5.32 Å². The van der Waals surface area contributed by atoms with E-state index in [1.165, 1.54) is 0 Å². The molecule has 1 fully saturated rings. The summed E-state index contributed by atoms with van der Waals surface area (Å²) in [6, 6.07) is 1.72. The molecule has 1 aliphatic heterocycles. The summed E-state index contributed by atoms with van der Waals surface area (Å²) in [7, 11) is 0. The first-order valence-corrected chi connectivity index (χ1v) is 6.86. The van der Waals surface area contributed by atoms with Crippen LogP contribution in [0.15, 0.2) is 18.2 Å². The maximum Gasteiger partial charge on any atom is 0.394 e. The lowest BCUT2D eigenvalue weighted by atomic mass is 9.96. The topological polar surface area (TPSA) is 69.6 Å². The van der Waals surface area contributed by atoms with Crippen molar-refractivity contribution in [2.45, 2.75) is 12.7 Å². The van der Waals surface area contributed by atoms with Gasteiger partial charge in [-0.25, -0.2) is 13.6 Å². The van der Waals surface area contributed by atoms with Gasteiger partial charge in [0.25, 0.3) is 0 Å². The van der Waals surface area contributed by atoms with Gasteiger partial charge in [-0.3, -0.25) is 4.79 Å². The van der Waals surface area contributed by atoms with E-state index in [1.807, 2.05) is 0 Å². The molecule has 2 amide bonds. The maximum atomic E-state index is 13.4. The molecule has 1 heterocycles. The number of nitrogens with one attached hydrogen (secondary N) is 1. The van der Waals surface area contributed by atoms with Crippen molar-refractivity contribution in [3.63, 3.8) is 0 Å². The number of benzene rings is 1. The molecule has 5 nitrogen and oxygen atoms in total. The van der Waals surface area contributed by atoms with E-state index >= 15 is 0 Å². The van der Waals surface area contributed by atoms with Crippen molar-refractivity contribution in [3.8, 4) is 0 Å². The van der Waals surface area contributed by atoms with Gasteiger partial charge in [-0.2, -0.15) is 13.2 Å². The first-order chi connectivity index (χ1) is 11.1. The van der Waals surface area contributed by atoms with Crippen molar-refractivity contribution in [2.24, 2.45) is 11.8 Å². The minimum atomic E-state index is -4.75. The largest absolute Gasteiger partial charge is 0.481 e. The number of likely N-dealkylation sites (tertiary alicyclic amines) is 1. The Morgan fingerprint density at radius 1 is 1.25 bits per heavy atom. The fourth-order valence-electron chi connectivity index (χ4n) is 2.50. The van der Waals surface area contributed by atoms with Crippen LogP contribution < -0.4 is 5.32 Å². The first-order valence-electron chi connectivity index (χ1n) is 6.86. The van der Waals surface area contributed by atoms with E-state index in [9.17, 15) is 31.5 Å². The average molecular weight is 352 g/mol. The van der Waals surface area contributed by atoms with Crippen LogP contribution in [-0.4, -0.2) is 41.3 Å². The van der Waals surface area contributed by atoms with Crippen LogP contribution in [-0.2, 0) is 11.3 Å². The Kier molecular flexibility index (Phi) is 4.95. The zero-order chi connectivity index (χ0) is 18.1. The van der Waals surface area contributed by atoms with Crippen molar-refractivity contribution >= 4 is 12.0 Å². The molecular weight excluding hydrogens is 339 g/mol. The molecule has 0 aliphatic carbocycles. The molecule has 1 aliphatic rings. The lowest BCUT2D eigenvalue weighted by molar-refractivity contribution is -0.187. The molecule has 132 valence electrons. The third-order valence-corrected chi connectivity index (χ3v) is 3.79. The Bertz CT molecular complexity index is 650. The number of hydrogen-bond acceptors (Lipinski definition) is 2. The molecule has 2 N–H and O–H groups in total. The predicted octanol–water partition coefficient (Wildman–Crippen LogP) is 2.37. The van der Waals surface area contributed by atoms with E-state index in [1.54, 1.807) is 0 Å². The van der Waals surface area contributed by atoms with Crippen molar-refractivity contribution in [1.82, 2.24) is 10.2 Å². The number of alkyl halides is 3. The van der Waals surface area contributed by atoms with Gasteiger partial charge in [0, 0.05) is 31.3 Å². The molecule has 1 aromatic carbocycles. The van der Waals surface area contributed by atoms with Crippen LogP contribution >= 0.6 is 0 Å². The normalized spacial score (nSPS) is 21.0. The molecule has 10 heteroatoms. The number of urea groups is 1. The minimum absolute atomic E-state index is 0.0499. The smallest absolute Gasteiger partial charge is 0.394 e. The Hall–Kier alpha value is -2.39. The molecule has 0 unspecified atom stereocenters. The lowest BCUT2D eigenvalue weighted by Gasteiger charge is -2.18.